The highest BCUT2D eigenvalue weighted by Gasteiger charge is 2.47. The van der Waals surface area contributed by atoms with Crippen LogP contribution in [0.25, 0.3) is 11.3 Å². The van der Waals surface area contributed by atoms with Gasteiger partial charge in [-0.2, -0.15) is 10.4 Å². The molecule has 1 saturated carbocycles. The van der Waals surface area contributed by atoms with Crippen molar-refractivity contribution in [1.29, 1.82) is 5.26 Å². The van der Waals surface area contributed by atoms with E-state index in [4.69, 9.17) is 15.2 Å². The van der Waals surface area contributed by atoms with E-state index in [0.717, 1.165) is 35.4 Å². The molecule has 0 radical (unpaired) electrons. The fourth-order valence-electron chi connectivity index (χ4n) is 3.99. The Hall–Kier alpha value is -3.60. The molecule has 1 aliphatic heterocycles. The smallest absolute Gasteiger partial charge is 0.258 e. The van der Waals surface area contributed by atoms with Crippen molar-refractivity contribution in [2.75, 3.05) is 5.73 Å². The van der Waals surface area contributed by atoms with Crippen molar-refractivity contribution in [3.05, 3.63) is 46.9 Å². The minimum atomic E-state index is -0.344. The molecule has 1 spiro atoms. The van der Waals surface area contributed by atoms with Gasteiger partial charge < -0.3 is 15.2 Å². The van der Waals surface area contributed by atoms with Crippen molar-refractivity contribution in [2.24, 2.45) is 7.05 Å². The predicted octanol–water partition coefficient (Wildman–Crippen LogP) is 3.25. The van der Waals surface area contributed by atoms with E-state index in [0.29, 0.717) is 23.4 Å². The third-order valence-electron chi connectivity index (χ3n) is 5.76. The number of nitriles is 1. The molecule has 3 heterocycles. The number of fused-ring (bicyclic) bond motifs is 5. The van der Waals surface area contributed by atoms with Crippen LogP contribution >= 0.6 is 0 Å². The van der Waals surface area contributed by atoms with Gasteiger partial charge in [-0.1, -0.05) is 11.6 Å². The number of ether oxygens (including phenoxy) is 2. The third-order valence-corrected chi connectivity index (χ3v) is 5.76. The number of benzene rings is 1. The number of hydrogen-bond donors (Lipinski definition) is 1. The average molecular weight is 402 g/mol. The zero-order chi connectivity index (χ0) is 21.0. The van der Waals surface area contributed by atoms with Gasteiger partial charge in [0.1, 0.15) is 29.2 Å². The maximum Gasteiger partial charge on any atom is 0.258 e. The van der Waals surface area contributed by atoms with Gasteiger partial charge in [-0.3, -0.25) is 4.68 Å². The number of aromatic nitrogens is 4. The molecule has 0 saturated heterocycles. The van der Waals surface area contributed by atoms with Gasteiger partial charge in [-0.25, -0.2) is 9.97 Å². The Labute approximate surface area is 174 Å². The molecule has 1 fully saturated rings. The molecule has 8 nitrogen and oxygen atoms in total. The van der Waals surface area contributed by atoms with Crippen LogP contribution in [-0.4, -0.2) is 25.3 Å². The predicted molar refractivity (Wildman–Crippen MR) is 110 cm³/mol. The summed E-state index contributed by atoms with van der Waals surface area (Å²) in [6.45, 7) is 3.98. The first-order valence-corrected chi connectivity index (χ1v) is 9.94. The van der Waals surface area contributed by atoms with E-state index in [-0.39, 0.29) is 23.4 Å². The summed E-state index contributed by atoms with van der Waals surface area (Å²) in [6.07, 6.45) is 3.66. The third kappa shape index (κ3) is 2.94. The number of hydrogen-bond acceptors (Lipinski definition) is 7. The SMILES string of the molecule is Cc1ccc2c(c1)[C@@H](C)Oc1nc(cnc1N)-c1c(nn(C)c1C#N)CC1(CC1)O2. The van der Waals surface area contributed by atoms with E-state index in [9.17, 15) is 5.26 Å². The van der Waals surface area contributed by atoms with Crippen LogP contribution in [0.2, 0.25) is 0 Å². The average Bonchev–Trinajstić information content (AvgIpc) is 3.39. The summed E-state index contributed by atoms with van der Waals surface area (Å²) in [6, 6.07) is 8.32. The normalized spacial score (nSPS) is 18.7. The Bertz CT molecular complexity index is 1210. The highest BCUT2D eigenvalue weighted by molar-refractivity contribution is 5.69. The molecular weight excluding hydrogens is 380 g/mol. The number of nitrogens with zero attached hydrogens (tertiary/aromatic N) is 5. The van der Waals surface area contributed by atoms with E-state index < -0.39 is 0 Å². The van der Waals surface area contributed by atoms with Gasteiger partial charge in [-0.15, -0.1) is 0 Å². The zero-order valence-corrected chi connectivity index (χ0v) is 17.1. The molecule has 0 unspecified atom stereocenters. The van der Waals surface area contributed by atoms with Crippen LogP contribution in [0.5, 0.6) is 11.6 Å². The first-order chi connectivity index (χ1) is 14.4. The van der Waals surface area contributed by atoms with E-state index in [2.05, 4.69) is 27.2 Å². The summed E-state index contributed by atoms with van der Waals surface area (Å²) >= 11 is 0. The Balaban J connectivity index is 1.74. The Morgan fingerprint density at radius 1 is 1.33 bits per heavy atom. The van der Waals surface area contributed by atoms with Crippen molar-refractivity contribution in [1.82, 2.24) is 19.7 Å². The van der Waals surface area contributed by atoms with Gasteiger partial charge in [0.2, 0.25) is 0 Å². The van der Waals surface area contributed by atoms with Crippen LogP contribution < -0.4 is 15.2 Å². The molecule has 30 heavy (non-hydrogen) atoms. The van der Waals surface area contributed by atoms with E-state index in [1.165, 1.54) is 0 Å². The molecule has 1 aliphatic carbocycles. The number of nitrogens with two attached hydrogens (primary N) is 1. The lowest BCUT2D eigenvalue weighted by Gasteiger charge is -2.24. The zero-order valence-electron chi connectivity index (χ0n) is 17.1. The molecule has 1 aromatic carbocycles. The fourth-order valence-corrected chi connectivity index (χ4v) is 3.99. The summed E-state index contributed by atoms with van der Waals surface area (Å²) in [7, 11) is 1.76. The second kappa shape index (κ2) is 6.46. The maximum atomic E-state index is 9.74. The van der Waals surface area contributed by atoms with Gasteiger partial charge in [0, 0.05) is 19.0 Å². The first-order valence-electron chi connectivity index (χ1n) is 9.94. The Morgan fingerprint density at radius 2 is 2.13 bits per heavy atom. The van der Waals surface area contributed by atoms with Crippen molar-refractivity contribution >= 4 is 5.82 Å². The molecule has 152 valence electrons. The molecule has 2 bridgehead atoms. The van der Waals surface area contributed by atoms with Crippen molar-refractivity contribution in [2.45, 2.75) is 44.8 Å². The summed E-state index contributed by atoms with van der Waals surface area (Å²) in [5.41, 5.74) is 10.1. The molecule has 2 N–H and O–H groups in total. The molecule has 2 aliphatic rings. The summed E-state index contributed by atoms with van der Waals surface area (Å²) in [5, 5.41) is 14.4. The first kappa shape index (κ1) is 18.4. The van der Waals surface area contributed by atoms with Gasteiger partial charge in [0.05, 0.1) is 23.1 Å². The summed E-state index contributed by atoms with van der Waals surface area (Å²) in [4.78, 5) is 8.91. The standard InChI is InChI=1S/C22H22N6O2/c1-12-4-5-18-14(8-12)13(2)29-21-20(24)25-11-16(26-21)19-15(9-22(30-18)6-7-22)27-28(3)17(19)10-23/h4-5,8,11,13H,6-7,9H2,1-3H3,(H2,24,25)/t13-/m1/s1. The lowest BCUT2D eigenvalue weighted by molar-refractivity contribution is 0.162. The van der Waals surface area contributed by atoms with Crippen LogP contribution in [0.1, 0.15) is 48.4 Å². The van der Waals surface area contributed by atoms with Crippen LogP contribution in [0, 0.1) is 18.3 Å². The molecular formula is C22H22N6O2. The quantitative estimate of drug-likeness (QED) is 0.614. The second-order valence-corrected chi connectivity index (χ2v) is 8.11. The monoisotopic (exact) mass is 402 g/mol. The van der Waals surface area contributed by atoms with Crippen molar-refractivity contribution in [3.8, 4) is 29.0 Å². The van der Waals surface area contributed by atoms with Crippen molar-refractivity contribution < 1.29 is 9.47 Å². The molecule has 8 heteroatoms. The maximum absolute atomic E-state index is 9.74. The lowest BCUT2D eigenvalue weighted by atomic mass is 10.0. The molecule has 1 atom stereocenters. The number of aryl methyl sites for hydroxylation is 2. The van der Waals surface area contributed by atoms with E-state index in [1.54, 1.807) is 17.9 Å². The highest BCUT2D eigenvalue weighted by atomic mass is 16.5. The van der Waals surface area contributed by atoms with Gasteiger partial charge in [0.15, 0.2) is 5.82 Å². The Morgan fingerprint density at radius 3 is 2.87 bits per heavy atom. The Kier molecular flexibility index (Phi) is 3.97. The molecule has 3 aromatic rings. The number of anilines is 1. The van der Waals surface area contributed by atoms with Gasteiger partial charge in [-0.05, 0) is 38.8 Å². The minimum absolute atomic E-state index is 0.195. The molecule has 5 rings (SSSR count). The van der Waals surface area contributed by atoms with Crippen LogP contribution in [0.3, 0.4) is 0 Å². The van der Waals surface area contributed by atoms with E-state index >= 15 is 0 Å². The molecule has 0 amide bonds. The van der Waals surface area contributed by atoms with Crippen molar-refractivity contribution in [3.63, 3.8) is 0 Å². The summed E-state index contributed by atoms with van der Waals surface area (Å²) < 4.78 is 14.3. The largest absolute Gasteiger partial charge is 0.486 e. The topological polar surface area (TPSA) is 112 Å². The minimum Gasteiger partial charge on any atom is -0.486 e. The number of rotatable bonds is 0. The van der Waals surface area contributed by atoms with Crippen LogP contribution in [-0.2, 0) is 13.5 Å². The summed E-state index contributed by atoms with van der Waals surface area (Å²) in [5.74, 6) is 1.21. The molecule has 2 aromatic heterocycles. The fraction of sp³-hybridized carbons (Fsp3) is 0.364. The number of nitrogen functional groups attached to an aromatic ring is 1. The van der Waals surface area contributed by atoms with Crippen LogP contribution in [0.15, 0.2) is 24.4 Å². The van der Waals surface area contributed by atoms with Gasteiger partial charge >= 0.3 is 0 Å². The highest BCUT2D eigenvalue weighted by Crippen LogP contribution is 2.46. The lowest BCUT2D eigenvalue weighted by Crippen LogP contribution is -2.24. The van der Waals surface area contributed by atoms with E-state index in [1.807, 2.05) is 26.0 Å². The van der Waals surface area contributed by atoms with Crippen LogP contribution in [0.4, 0.5) is 5.82 Å². The van der Waals surface area contributed by atoms with Gasteiger partial charge in [0.25, 0.3) is 5.88 Å². The second-order valence-electron chi connectivity index (χ2n) is 8.11.